The molecule has 0 amide bonds. The van der Waals surface area contributed by atoms with Crippen molar-refractivity contribution in [3.8, 4) is 0 Å². The van der Waals surface area contributed by atoms with Crippen molar-refractivity contribution in [3.05, 3.63) is 72.6 Å². The summed E-state index contributed by atoms with van der Waals surface area (Å²) >= 11 is 4.74. The molecule has 0 unspecified atom stereocenters. The number of hydrogen-bond acceptors (Lipinski definition) is 18. The van der Waals surface area contributed by atoms with Gasteiger partial charge in [-0.2, -0.15) is 0 Å². The standard InChI is InChI=1S/C18H18N2O4S2.C10H14N2O4S.C6H4O2S.B/c1-5-11-8-9-12(25-11)10-20-16-14(18(22)24-7-3)13(15(19-4)26-16)17(21)23-6-2;1-3-15-9(13)5-6(10(14)16-4-2)8(12)17-7(5)11;7-3-5-1-2-6(4-8)9-5;/h5,8-10H,1,4,6-7H2,2-3H3;3-4,11-12H2,1-2H3;1-4H;. The van der Waals surface area contributed by atoms with Crippen molar-refractivity contribution in [2.45, 2.75) is 27.7 Å². The highest BCUT2D eigenvalue weighted by Crippen LogP contribution is 2.42. The fraction of sp³-hybridized carbons (Fsp3) is 0.235. The Bertz CT molecular complexity index is 1880. The average Bonchev–Trinajstić information content (AvgIpc) is 3.92. The molecule has 0 saturated heterocycles. The lowest BCUT2D eigenvalue weighted by Crippen LogP contribution is -2.14. The second kappa shape index (κ2) is 23.4. The zero-order valence-electron chi connectivity index (χ0n) is 29.2. The molecule has 0 aliphatic rings. The maximum Gasteiger partial charge on any atom is 0.342 e. The molecule has 19 heteroatoms. The Morgan fingerprint density at radius 3 is 1.36 bits per heavy atom. The van der Waals surface area contributed by atoms with Crippen molar-refractivity contribution in [3.63, 3.8) is 0 Å². The first-order valence-electron chi connectivity index (χ1n) is 15.2. The summed E-state index contributed by atoms with van der Waals surface area (Å²) < 4.78 is 19.8. The fourth-order valence-corrected chi connectivity index (χ4v) is 6.95. The molecule has 4 rings (SSSR count). The van der Waals surface area contributed by atoms with Crippen LogP contribution in [0.15, 0.2) is 40.8 Å². The minimum absolute atomic E-state index is 0. The Balaban J connectivity index is 0.000000444. The topological polar surface area (TPSA) is 216 Å². The number of aldehydes is 2. The number of esters is 4. The summed E-state index contributed by atoms with van der Waals surface area (Å²) in [6, 6.07) is 7.06. The molecule has 4 heterocycles. The molecule has 53 heavy (non-hydrogen) atoms. The Hall–Kier alpha value is -5.24. The van der Waals surface area contributed by atoms with Gasteiger partial charge in [0, 0.05) is 24.4 Å². The van der Waals surface area contributed by atoms with Gasteiger partial charge in [0.15, 0.2) is 12.6 Å². The van der Waals surface area contributed by atoms with Crippen LogP contribution in [0, 0.1) is 0 Å². The van der Waals surface area contributed by atoms with Crippen molar-refractivity contribution >= 4 is 129 Å². The third-order valence-corrected chi connectivity index (χ3v) is 9.76. The minimum atomic E-state index is -0.666. The summed E-state index contributed by atoms with van der Waals surface area (Å²) in [6.07, 6.45) is 4.83. The molecule has 0 fully saturated rings. The average molecular weight is 800 g/mol. The Labute approximate surface area is 323 Å². The number of thiophene rings is 4. The first-order valence-corrected chi connectivity index (χ1v) is 18.5. The normalized spacial score (nSPS) is 9.96. The zero-order valence-corrected chi connectivity index (χ0v) is 32.5. The lowest BCUT2D eigenvalue weighted by molar-refractivity contribution is 0.0481. The van der Waals surface area contributed by atoms with Gasteiger partial charge >= 0.3 is 23.9 Å². The van der Waals surface area contributed by atoms with Crippen LogP contribution < -0.4 is 11.5 Å². The van der Waals surface area contributed by atoms with E-state index in [4.69, 9.17) is 30.4 Å². The fourth-order valence-electron chi connectivity index (χ4n) is 3.84. The van der Waals surface area contributed by atoms with Gasteiger partial charge < -0.3 is 30.4 Å². The van der Waals surface area contributed by atoms with Crippen molar-refractivity contribution < 1.29 is 47.7 Å². The maximum atomic E-state index is 12.4. The molecule has 0 saturated carbocycles. The van der Waals surface area contributed by atoms with Gasteiger partial charge in [0.25, 0.3) is 0 Å². The molecule has 279 valence electrons. The zero-order chi connectivity index (χ0) is 38.8. The second-order valence-electron chi connectivity index (χ2n) is 9.26. The first kappa shape index (κ1) is 45.8. The monoisotopic (exact) mass is 799 g/mol. The van der Waals surface area contributed by atoms with E-state index in [2.05, 4.69) is 23.3 Å². The lowest BCUT2D eigenvalue weighted by atomic mass is 10.1. The number of nitrogens with zero attached hydrogens (tertiary/aromatic N) is 2. The van der Waals surface area contributed by atoms with Crippen LogP contribution in [0.2, 0.25) is 0 Å². The Morgan fingerprint density at radius 2 is 1.00 bits per heavy atom. The number of carbonyl (C=O) groups is 6. The molecular weight excluding hydrogens is 763 g/mol. The largest absolute Gasteiger partial charge is 0.462 e. The third kappa shape index (κ3) is 12.7. The number of rotatable bonds is 14. The van der Waals surface area contributed by atoms with Crippen LogP contribution in [0.5, 0.6) is 0 Å². The molecule has 0 aliphatic carbocycles. The van der Waals surface area contributed by atoms with Gasteiger partial charge in [-0.15, -0.1) is 22.7 Å². The quantitative estimate of drug-likeness (QED) is 0.0428. The van der Waals surface area contributed by atoms with Gasteiger partial charge in [0.05, 0.1) is 36.2 Å². The van der Waals surface area contributed by atoms with Crippen LogP contribution >= 0.6 is 45.3 Å². The molecule has 0 aromatic carbocycles. The highest BCUT2D eigenvalue weighted by molar-refractivity contribution is 7.21. The van der Waals surface area contributed by atoms with E-state index in [-0.39, 0.29) is 72.1 Å². The highest BCUT2D eigenvalue weighted by Gasteiger charge is 2.30. The summed E-state index contributed by atoms with van der Waals surface area (Å²) in [7, 11) is 0. The molecule has 0 atom stereocenters. The molecule has 0 aliphatic heterocycles. The van der Waals surface area contributed by atoms with Gasteiger partial charge in [0.2, 0.25) is 0 Å². The summed E-state index contributed by atoms with van der Waals surface area (Å²) in [5.41, 5.74) is 11.3. The van der Waals surface area contributed by atoms with E-state index in [1.165, 1.54) is 22.7 Å². The third-order valence-electron chi connectivity index (χ3n) is 5.93. The van der Waals surface area contributed by atoms with E-state index in [1.54, 1.807) is 52.1 Å². The number of nitrogen functional groups attached to an aromatic ring is 2. The van der Waals surface area contributed by atoms with Gasteiger partial charge in [-0.1, -0.05) is 35.3 Å². The molecule has 0 bridgehead atoms. The van der Waals surface area contributed by atoms with E-state index in [0.29, 0.717) is 14.8 Å². The van der Waals surface area contributed by atoms with Crippen LogP contribution in [-0.4, -0.2) is 84.2 Å². The van der Waals surface area contributed by atoms with Crippen molar-refractivity contribution in [1.82, 2.24) is 0 Å². The number of ether oxygens (including phenoxy) is 4. The van der Waals surface area contributed by atoms with Crippen molar-refractivity contribution in [2.75, 3.05) is 37.9 Å². The molecule has 4 N–H and O–H groups in total. The van der Waals surface area contributed by atoms with E-state index in [1.807, 2.05) is 12.1 Å². The number of carbonyl (C=O) groups excluding carboxylic acids is 6. The number of hydrogen-bond donors (Lipinski definition) is 2. The molecule has 14 nitrogen and oxygen atoms in total. The summed E-state index contributed by atoms with van der Waals surface area (Å²) in [5, 5.41) is 0.909. The molecule has 4 aromatic rings. The van der Waals surface area contributed by atoms with Gasteiger partial charge in [0.1, 0.15) is 42.3 Å². The van der Waals surface area contributed by atoms with Crippen LogP contribution in [0.1, 0.15) is 98.2 Å². The highest BCUT2D eigenvalue weighted by atomic mass is 32.1. The molecule has 4 aromatic heterocycles. The lowest BCUT2D eigenvalue weighted by Gasteiger charge is -2.05. The van der Waals surface area contributed by atoms with Crippen molar-refractivity contribution in [2.24, 2.45) is 9.98 Å². The van der Waals surface area contributed by atoms with Crippen LogP contribution in [0.3, 0.4) is 0 Å². The second-order valence-corrected chi connectivity index (χ2v) is 13.6. The van der Waals surface area contributed by atoms with E-state index in [0.717, 1.165) is 45.0 Å². The van der Waals surface area contributed by atoms with E-state index in [9.17, 15) is 28.8 Å². The molecule has 0 spiro atoms. The molecule has 3 radical (unpaired) electrons. The SMILES string of the molecule is C=Cc1ccc(C=Nc2sc(N=C)c(C(=O)OCC)c2C(=O)OCC)s1.CCOC(=O)c1c(N)sc(N)c1C(=O)OCC.O=Cc1ccc(C=O)s1.[B]. The summed E-state index contributed by atoms with van der Waals surface area (Å²) in [5.74, 6) is -2.63. The van der Waals surface area contributed by atoms with Gasteiger partial charge in [-0.3, -0.25) is 14.6 Å². The number of aliphatic imine (C=N–C) groups is 2. The summed E-state index contributed by atoms with van der Waals surface area (Å²) in [6.45, 7) is 14.6. The van der Waals surface area contributed by atoms with E-state index < -0.39 is 23.9 Å². The van der Waals surface area contributed by atoms with Crippen LogP contribution in [-0.2, 0) is 18.9 Å². The van der Waals surface area contributed by atoms with E-state index >= 15 is 0 Å². The van der Waals surface area contributed by atoms with Crippen molar-refractivity contribution in [1.29, 1.82) is 0 Å². The predicted octanol–water partition coefficient (Wildman–Crippen LogP) is 7.15. The Kier molecular flexibility index (Phi) is 20.2. The van der Waals surface area contributed by atoms with Crippen LogP contribution in [0.25, 0.3) is 6.08 Å². The first-order chi connectivity index (χ1) is 24.9. The van der Waals surface area contributed by atoms with Gasteiger partial charge in [-0.05, 0) is 58.7 Å². The molecular formula is C34H36BN4O10S4. The number of anilines is 2. The van der Waals surface area contributed by atoms with Gasteiger partial charge in [-0.25, -0.2) is 24.2 Å². The summed E-state index contributed by atoms with van der Waals surface area (Å²) in [4.78, 5) is 79.4. The predicted molar refractivity (Wildman–Crippen MR) is 213 cm³/mol. The Morgan fingerprint density at radius 1 is 0.623 bits per heavy atom. The number of nitrogens with two attached hydrogens (primary N) is 2. The minimum Gasteiger partial charge on any atom is -0.462 e. The smallest absolute Gasteiger partial charge is 0.342 e. The van der Waals surface area contributed by atoms with Crippen LogP contribution in [0.4, 0.5) is 20.0 Å². The maximum absolute atomic E-state index is 12.4.